The molecule has 0 aliphatic heterocycles. The van der Waals surface area contributed by atoms with E-state index in [1.54, 1.807) is 0 Å². The highest BCUT2D eigenvalue weighted by Crippen LogP contribution is 2.65. The summed E-state index contributed by atoms with van der Waals surface area (Å²) in [5.41, 5.74) is 0.181. The molecule has 0 amide bonds. The number of carbonyl (C=O) groups excluding carboxylic acids is 1. The first kappa shape index (κ1) is 33.9. The normalized spacial score (nSPS) is 38.4. The van der Waals surface area contributed by atoms with E-state index in [2.05, 4.69) is 13.8 Å². The molecule has 0 saturated heterocycles. The molecule has 0 atom stereocenters. The Kier molecular flexibility index (Phi) is 13.4. The number of hydrogen-bond donors (Lipinski definition) is 0. The Hall–Kier alpha value is -0.410. The third kappa shape index (κ3) is 8.90. The molecule has 2 spiro atoms. The van der Waals surface area contributed by atoms with Crippen molar-refractivity contribution in [1.82, 2.24) is 0 Å². The second-order valence-corrected chi connectivity index (χ2v) is 16.4. The average molecular weight is 599 g/mol. The predicted molar refractivity (Wildman–Crippen MR) is 179 cm³/mol. The van der Waals surface area contributed by atoms with Gasteiger partial charge in [-0.3, -0.25) is 4.79 Å². The van der Waals surface area contributed by atoms with Gasteiger partial charge in [-0.2, -0.15) is 0 Å². The van der Waals surface area contributed by atoms with Crippen LogP contribution in [0.3, 0.4) is 0 Å². The summed E-state index contributed by atoms with van der Waals surface area (Å²) in [7, 11) is 0. The van der Waals surface area contributed by atoms with Gasteiger partial charge in [0.15, 0.2) is 0 Å². The van der Waals surface area contributed by atoms with E-state index in [9.17, 15) is 4.79 Å². The summed E-state index contributed by atoms with van der Waals surface area (Å²) in [6, 6.07) is 0. The third-order valence-electron chi connectivity index (χ3n) is 13.6. The molecule has 0 unspecified atom stereocenters. The molecule has 5 saturated carbocycles. The molecule has 0 aromatic rings. The average Bonchev–Trinajstić information content (AvgIpc) is 3.05. The summed E-state index contributed by atoms with van der Waals surface area (Å²) in [6.45, 7) is 6.52. The molecule has 5 fully saturated rings. The van der Waals surface area contributed by atoms with Crippen LogP contribution in [-0.2, 0) is 14.3 Å². The highest BCUT2D eigenvalue weighted by molar-refractivity contribution is 5.96. The summed E-state index contributed by atoms with van der Waals surface area (Å²) in [4.78, 5) is 13.9. The second-order valence-electron chi connectivity index (χ2n) is 16.4. The Morgan fingerprint density at radius 3 is 1.19 bits per heavy atom. The molecule has 5 aliphatic rings. The van der Waals surface area contributed by atoms with Gasteiger partial charge >= 0.3 is 0 Å². The monoisotopic (exact) mass is 599 g/mol. The van der Waals surface area contributed by atoms with Gasteiger partial charge in [0.05, 0.1) is 12.2 Å². The van der Waals surface area contributed by atoms with Gasteiger partial charge in [-0.25, -0.2) is 0 Å². The molecule has 0 bridgehead atoms. The summed E-state index contributed by atoms with van der Waals surface area (Å²) < 4.78 is 12.5. The van der Waals surface area contributed by atoms with Gasteiger partial charge in [-0.05, 0) is 146 Å². The molecule has 0 aromatic heterocycles. The topological polar surface area (TPSA) is 35.5 Å². The summed E-state index contributed by atoms with van der Waals surface area (Å²) >= 11 is 0. The Morgan fingerprint density at radius 1 is 0.488 bits per heavy atom. The highest BCUT2D eigenvalue weighted by atomic mass is 16.5. The van der Waals surface area contributed by atoms with Gasteiger partial charge in [0.1, 0.15) is 5.78 Å². The third-order valence-corrected chi connectivity index (χ3v) is 13.6. The fraction of sp³-hybridized carbons (Fsp3) is 0.975. The molecule has 0 aromatic carbocycles. The van der Waals surface area contributed by atoms with Crippen molar-refractivity contribution in [2.24, 2.45) is 34.5 Å². The van der Waals surface area contributed by atoms with Gasteiger partial charge in [0.2, 0.25) is 0 Å². The minimum absolute atomic E-state index is 0.0906. The van der Waals surface area contributed by atoms with Crippen LogP contribution in [0.25, 0.3) is 0 Å². The quantitative estimate of drug-likeness (QED) is 0.166. The molecule has 0 heterocycles. The number of hydrogen-bond acceptors (Lipinski definition) is 3. The van der Waals surface area contributed by atoms with Crippen molar-refractivity contribution in [3.05, 3.63) is 0 Å². The molecule has 0 N–H and O–H groups in total. The summed E-state index contributed by atoms with van der Waals surface area (Å²) in [6.07, 6.45) is 36.3. The van der Waals surface area contributed by atoms with Crippen molar-refractivity contribution in [2.45, 2.75) is 199 Å². The number of rotatable bonds is 16. The zero-order valence-electron chi connectivity index (χ0n) is 28.7. The largest absolute Gasteiger partial charge is 0.378 e. The number of ketones is 1. The predicted octanol–water partition coefficient (Wildman–Crippen LogP) is 11.4. The number of ether oxygens (including phenoxy) is 2. The summed E-state index contributed by atoms with van der Waals surface area (Å²) in [5, 5.41) is 0. The molecule has 3 nitrogen and oxygen atoms in total. The fourth-order valence-corrected chi connectivity index (χ4v) is 10.8. The zero-order chi connectivity index (χ0) is 30.0. The minimum Gasteiger partial charge on any atom is -0.378 e. The van der Waals surface area contributed by atoms with Crippen LogP contribution < -0.4 is 0 Å². The van der Waals surface area contributed by atoms with E-state index < -0.39 is 0 Å². The molecular formula is C40H70O3. The van der Waals surface area contributed by atoms with Crippen molar-refractivity contribution < 1.29 is 14.3 Å². The maximum absolute atomic E-state index is 13.9. The van der Waals surface area contributed by atoms with Crippen molar-refractivity contribution in [2.75, 3.05) is 13.2 Å². The molecule has 3 heteroatoms. The Morgan fingerprint density at radius 2 is 0.837 bits per heavy atom. The van der Waals surface area contributed by atoms with E-state index in [4.69, 9.17) is 9.47 Å². The van der Waals surface area contributed by atoms with Crippen LogP contribution in [0.1, 0.15) is 187 Å². The fourth-order valence-electron chi connectivity index (χ4n) is 10.8. The standard InChI is InChI=1S/C40H70O3/c1-3-5-7-9-11-29-42-36-17-13-32(14-18-36)34-21-25-39(26-22-34)31-40(38(39)41)27-23-35(24-28-40)33-15-19-37(20-16-33)43-30-12-10-8-6-4-2/h32-37H,3-31H2,1-2H3/t32?,33?,34-,35?,36?,37?,39-,40-. The van der Waals surface area contributed by atoms with Gasteiger partial charge in [-0.15, -0.1) is 0 Å². The lowest BCUT2D eigenvalue weighted by atomic mass is 9.42. The van der Waals surface area contributed by atoms with Crippen molar-refractivity contribution >= 4 is 5.78 Å². The Labute approximate surface area is 266 Å². The Balaban J connectivity index is 0.941. The lowest BCUT2D eigenvalue weighted by Gasteiger charge is -2.60. The van der Waals surface area contributed by atoms with Crippen LogP contribution in [0.15, 0.2) is 0 Å². The van der Waals surface area contributed by atoms with Crippen LogP contribution >= 0.6 is 0 Å². The molecular weight excluding hydrogens is 528 g/mol. The van der Waals surface area contributed by atoms with E-state index in [-0.39, 0.29) is 10.8 Å². The molecule has 43 heavy (non-hydrogen) atoms. The van der Waals surface area contributed by atoms with E-state index >= 15 is 0 Å². The first-order chi connectivity index (χ1) is 21.1. The maximum Gasteiger partial charge on any atom is 0.145 e. The maximum atomic E-state index is 13.9. The summed E-state index contributed by atoms with van der Waals surface area (Å²) in [5.74, 6) is 4.27. The van der Waals surface area contributed by atoms with E-state index in [0.29, 0.717) is 12.2 Å². The van der Waals surface area contributed by atoms with E-state index in [0.717, 1.165) is 42.7 Å². The Bertz CT molecular complexity index is 725. The van der Waals surface area contributed by atoms with Gasteiger partial charge in [0, 0.05) is 24.0 Å². The molecule has 5 aliphatic carbocycles. The minimum atomic E-state index is 0.0906. The first-order valence-corrected chi connectivity index (χ1v) is 19.9. The van der Waals surface area contributed by atoms with Crippen LogP contribution in [0.2, 0.25) is 0 Å². The highest BCUT2D eigenvalue weighted by Gasteiger charge is 2.63. The number of Topliss-reactive ketones (excluding diaryl/α,β-unsaturated/α-hetero) is 1. The smallest absolute Gasteiger partial charge is 0.145 e. The lowest BCUT2D eigenvalue weighted by Crippen LogP contribution is -2.60. The van der Waals surface area contributed by atoms with Crippen LogP contribution in [-0.4, -0.2) is 31.2 Å². The first-order valence-electron chi connectivity index (χ1n) is 19.9. The van der Waals surface area contributed by atoms with E-state index in [1.165, 1.54) is 173 Å². The van der Waals surface area contributed by atoms with Crippen molar-refractivity contribution in [3.63, 3.8) is 0 Å². The van der Waals surface area contributed by atoms with Gasteiger partial charge in [-0.1, -0.05) is 65.2 Å². The van der Waals surface area contributed by atoms with Crippen molar-refractivity contribution in [1.29, 1.82) is 0 Å². The van der Waals surface area contributed by atoms with Gasteiger partial charge in [0.25, 0.3) is 0 Å². The molecule has 248 valence electrons. The lowest BCUT2D eigenvalue weighted by molar-refractivity contribution is -0.170. The molecule has 0 radical (unpaired) electrons. The number of carbonyl (C=O) groups is 1. The van der Waals surface area contributed by atoms with Crippen molar-refractivity contribution in [3.8, 4) is 0 Å². The van der Waals surface area contributed by atoms with Gasteiger partial charge < -0.3 is 9.47 Å². The number of unbranched alkanes of at least 4 members (excludes halogenated alkanes) is 8. The van der Waals surface area contributed by atoms with Crippen LogP contribution in [0.5, 0.6) is 0 Å². The molecule has 5 rings (SSSR count). The van der Waals surface area contributed by atoms with Crippen LogP contribution in [0.4, 0.5) is 0 Å². The van der Waals surface area contributed by atoms with E-state index in [1.807, 2.05) is 0 Å². The second kappa shape index (κ2) is 16.9. The SMILES string of the molecule is CCCCCCCOC1CCC(C2CC[C@]3(CC2)C[C@@]2(CC[C@H](C4CCC(OCCCCCCC)CC4)CC2)C3=O)CC1. The van der Waals surface area contributed by atoms with Crippen LogP contribution in [0, 0.1) is 34.5 Å². The zero-order valence-corrected chi connectivity index (χ0v) is 28.7.